The molecule has 4 nitrogen and oxygen atoms in total. The minimum absolute atomic E-state index is 0.0497. The Morgan fingerprint density at radius 2 is 1.92 bits per heavy atom. The lowest BCUT2D eigenvalue weighted by atomic mass is 10.2. The van der Waals surface area contributed by atoms with Gasteiger partial charge in [0.1, 0.15) is 0 Å². The normalized spacial score (nSPS) is 11.9. The number of nitrogens with two attached hydrogens (primary N) is 1. The summed E-state index contributed by atoms with van der Waals surface area (Å²) in [4.78, 5) is 18.1. The number of amides is 1. The van der Waals surface area contributed by atoms with E-state index in [0.717, 1.165) is 22.6 Å². The van der Waals surface area contributed by atoms with Crippen molar-refractivity contribution in [3.63, 3.8) is 0 Å². The quantitative estimate of drug-likeness (QED) is 0.418. The van der Waals surface area contributed by atoms with Gasteiger partial charge in [0.25, 0.3) is 0 Å². The Morgan fingerprint density at radius 3 is 2.58 bits per heavy atom. The number of carbonyl (C=O) groups is 1. The molecule has 0 saturated carbocycles. The van der Waals surface area contributed by atoms with Crippen LogP contribution in [-0.2, 0) is 4.79 Å². The van der Waals surface area contributed by atoms with Crippen molar-refractivity contribution in [2.75, 3.05) is 11.1 Å². The van der Waals surface area contributed by atoms with Crippen molar-refractivity contribution in [1.82, 2.24) is 4.98 Å². The van der Waals surface area contributed by atoms with Crippen molar-refractivity contribution in [3.8, 4) is 11.3 Å². The van der Waals surface area contributed by atoms with Gasteiger partial charge < -0.3 is 11.1 Å². The third kappa shape index (κ3) is 4.78. The fourth-order valence-corrected chi connectivity index (χ4v) is 4.11. The summed E-state index contributed by atoms with van der Waals surface area (Å²) in [6.07, 6.45) is 0.719. The number of aromatic nitrogens is 1. The molecule has 134 valence electrons. The lowest BCUT2D eigenvalue weighted by Crippen LogP contribution is -2.24. The highest BCUT2D eigenvalue weighted by atomic mass is 35.5. The molecule has 1 amide bonds. The molecule has 0 aliphatic carbocycles. The Morgan fingerprint density at radius 1 is 1.23 bits per heavy atom. The van der Waals surface area contributed by atoms with Crippen molar-refractivity contribution in [2.24, 2.45) is 0 Å². The van der Waals surface area contributed by atoms with Crippen LogP contribution in [0.4, 0.5) is 10.8 Å². The summed E-state index contributed by atoms with van der Waals surface area (Å²) >= 11 is 8.85. The Kier molecular flexibility index (Phi) is 6.19. The molecule has 3 rings (SSSR count). The number of thiazole rings is 1. The van der Waals surface area contributed by atoms with Crippen LogP contribution in [0.15, 0.2) is 58.8 Å². The number of nitrogens with one attached hydrogen (secondary N) is 1. The van der Waals surface area contributed by atoms with E-state index < -0.39 is 0 Å². The summed E-state index contributed by atoms with van der Waals surface area (Å²) < 4.78 is 0. The van der Waals surface area contributed by atoms with Crippen LogP contribution in [0.2, 0.25) is 5.02 Å². The number of hydrogen-bond donors (Lipinski definition) is 2. The van der Waals surface area contributed by atoms with Crippen LogP contribution in [0.5, 0.6) is 0 Å². The molecule has 1 aromatic heterocycles. The minimum atomic E-state index is -0.193. The number of thioether (sulfide) groups is 1. The number of carbonyl (C=O) groups excluding carboxylic acids is 1. The van der Waals surface area contributed by atoms with E-state index in [4.69, 9.17) is 17.3 Å². The van der Waals surface area contributed by atoms with Crippen LogP contribution in [0.1, 0.15) is 13.3 Å². The fraction of sp³-hybridized carbons (Fsp3) is 0.158. The van der Waals surface area contributed by atoms with Crippen molar-refractivity contribution in [2.45, 2.75) is 23.5 Å². The van der Waals surface area contributed by atoms with Crippen LogP contribution in [-0.4, -0.2) is 16.1 Å². The molecule has 26 heavy (non-hydrogen) atoms. The monoisotopic (exact) mass is 403 g/mol. The molecule has 0 aliphatic heterocycles. The first-order valence-corrected chi connectivity index (χ1v) is 10.2. The van der Waals surface area contributed by atoms with E-state index in [1.165, 1.54) is 23.1 Å². The van der Waals surface area contributed by atoms with Gasteiger partial charge in [-0.3, -0.25) is 4.79 Å². The molecular formula is C19H18ClN3OS2. The van der Waals surface area contributed by atoms with Gasteiger partial charge in [-0.25, -0.2) is 4.98 Å². The maximum Gasteiger partial charge on any atom is 0.239 e. The molecule has 0 radical (unpaired) electrons. The molecule has 3 aromatic rings. The van der Waals surface area contributed by atoms with Gasteiger partial charge in [0, 0.05) is 26.5 Å². The highest BCUT2D eigenvalue weighted by Crippen LogP contribution is 2.29. The van der Waals surface area contributed by atoms with Gasteiger partial charge in [0.15, 0.2) is 5.13 Å². The Labute approximate surface area is 165 Å². The van der Waals surface area contributed by atoms with E-state index in [2.05, 4.69) is 10.3 Å². The molecule has 1 unspecified atom stereocenters. The van der Waals surface area contributed by atoms with Gasteiger partial charge in [-0.15, -0.1) is 23.1 Å². The van der Waals surface area contributed by atoms with Crippen molar-refractivity contribution >= 4 is 51.4 Å². The summed E-state index contributed by atoms with van der Waals surface area (Å²) in [6, 6.07) is 15.0. The topological polar surface area (TPSA) is 68.0 Å². The van der Waals surface area contributed by atoms with Gasteiger partial charge >= 0.3 is 0 Å². The lowest BCUT2D eigenvalue weighted by Gasteiger charge is -2.13. The first-order valence-electron chi connectivity index (χ1n) is 8.09. The highest BCUT2D eigenvalue weighted by molar-refractivity contribution is 8.00. The number of rotatable bonds is 6. The molecule has 3 N–H and O–H groups in total. The summed E-state index contributed by atoms with van der Waals surface area (Å²) in [5, 5.41) is 5.93. The van der Waals surface area contributed by atoms with E-state index in [-0.39, 0.29) is 11.2 Å². The number of benzene rings is 2. The summed E-state index contributed by atoms with van der Waals surface area (Å²) in [5.74, 6) is -0.0497. The standard InChI is InChI=1S/C19H18ClN3OS2/c1-2-17(26-15-9-7-14(21)8-10-15)18(24)23-19-22-16(11-25-19)12-3-5-13(20)6-4-12/h3-11,17H,2,21H2,1H3,(H,22,23,24). The third-order valence-electron chi connectivity index (χ3n) is 3.70. The van der Waals surface area contributed by atoms with E-state index >= 15 is 0 Å². The molecule has 1 heterocycles. The number of anilines is 2. The second-order valence-electron chi connectivity index (χ2n) is 5.62. The second-order valence-corrected chi connectivity index (χ2v) is 8.19. The van der Waals surface area contributed by atoms with Crippen LogP contribution in [0, 0.1) is 0 Å². The molecule has 0 fully saturated rings. The lowest BCUT2D eigenvalue weighted by molar-refractivity contribution is -0.115. The average molecular weight is 404 g/mol. The SMILES string of the molecule is CCC(Sc1ccc(N)cc1)C(=O)Nc1nc(-c2ccc(Cl)cc2)cs1. The number of halogens is 1. The molecule has 7 heteroatoms. The number of nitrogens with zero attached hydrogens (tertiary/aromatic N) is 1. The number of hydrogen-bond acceptors (Lipinski definition) is 5. The van der Waals surface area contributed by atoms with Crippen LogP contribution in [0.25, 0.3) is 11.3 Å². The molecular weight excluding hydrogens is 386 g/mol. The van der Waals surface area contributed by atoms with Crippen molar-refractivity contribution in [1.29, 1.82) is 0 Å². The summed E-state index contributed by atoms with van der Waals surface area (Å²) in [6.45, 7) is 2.00. The van der Waals surface area contributed by atoms with Gasteiger partial charge in [-0.2, -0.15) is 0 Å². The summed E-state index contributed by atoms with van der Waals surface area (Å²) in [5.41, 5.74) is 8.21. The first-order chi connectivity index (χ1) is 12.5. The Bertz CT molecular complexity index is 879. The number of nitrogen functional groups attached to an aromatic ring is 1. The van der Waals surface area contributed by atoms with E-state index in [1.54, 1.807) is 0 Å². The van der Waals surface area contributed by atoms with E-state index in [9.17, 15) is 4.79 Å². The molecule has 1 atom stereocenters. The minimum Gasteiger partial charge on any atom is -0.399 e. The van der Waals surface area contributed by atoms with Crippen molar-refractivity contribution in [3.05, 3.63) is 58.9 Å². The fourth-order valence-electron chi connectivity index (χ4n) is 2.30. The van der Waals surface area contributed by atoms with Gasteiger partial charge in [-0.1, -0.05) is 30.7 Å². The zero-order chi connectivity index (χ0) is 18.5. The Balaban J connectivity index is 1.66. The molecule has 0 aliphatic rings. The third-order valence-corrected chi connectivity index (χ3v) is 6.08. The zero-order valence-corrected chi connectivity index (χ0v) is 16.5. The van der Waals surface area contributed by atoms with Gasteiger partial charge in [0.05, 0.1) is 10.9 Å². The van der Waals surface area contributed by atoms with Crippen LogP contribution in [0.3, 0.4) is 0 Å². The van der Waals surface area contributed by atoms with Crippen LogP contribution >= 0.6 is 34.7 Å². The summed E-state index contributed by atoms with van der Waals surface area (Å²) in [7, 11) is 0. The van der Waals surface area contributed by atoms with Gasteiger partial charge in [0.2, 0.25) is 5.91 Å². The molecule has 0 spiro atoms. The predicted octanol–water partition coefficient (Wildman–Crippen LogP) is 5.56. The smallest absolute Gasteiger partial charge is 0.239 e. The van der Waals surface area contributed by atoms with E-state index in [1.807, 2.05) is 60.8 Å². The molecule has 0 bridgehead atoms. The average Bonchev–Trinajstić information content (AvgIpc) is 3.10. The van der Waals surface area contributed by atoms with Gasteiger partial charge in [-0.05, 0) is 42.8 Å². The maximum atomic E-state index is 12.6. The zero-order valence-electron chi connectivity index (χ0n) is 14.1. The predicted molar refractivity (Wildman–Crippen MR) is 112 cm³/mol. The molecule has 2 aromatic carbocycles. The highest BCUT2D eigenvalue weighted by Gasteiger charge is 2.19. The Hall–Kier alpha value is -2.02. The van der Waals surface area contributed by atoms with E-state index in [0.29, 0.717) is 15.8 Å². The van der Waals surface area contributed by atoms with Crippen molar-refractivity contribution < 1.29 is 4.79 Å². The molecule has 0 saturated heterocycles. The largest absolute Gasteiger partial charge is 0.399 e. The maximum absolute atomic E-state index is 12.6. The second kappa shape index (κ2) is 8.58. The first kappa shape index (κ1) is 18.8. The van der Waals surface area contributed by atoms with Crippen LogP contribution < -0.4 is 11.1 Å².